The first kappa shape index (κ1) is 24.2. The highest BCUT2D eigenvalue weighted by molar-refractivity contribution is 9.13. The van der Waals surface area contributed by atoms with E-state index < -0.39 is 0 Å². The first-order valence-electron chi connectivity index (χ1n) is 10.5. The molecule has 2 bridgehead atoms. The van der Waals surface area contributed by atoms with E-state index in [1.54, 1.807) is 13.2 Å². The molecular formula is C24H18Br4N2O4. The van der Waals surface area contributed by atoms with Crippen LogP contribution >= 0.6 is 63.7 Å². The van der Waals surface area contributed by atoms with Crippen molar-refractivity contribution in [1.82, 2.24) is 5.01 Å². The molecule has 0 N–H and O–H groups in total. The topological polar surface area (TPSA) is 68.2 Å². The Bertz CT molecular complexity index is 1230. The number of amides is 2. The third-order valence-electron chi connectivity index (χ3n) is 6.52. The van der Waals surface area contributed by atoms with E-state index in [4.69, 9.17) is 9.47 Å². The predicted molar refractivity (Wildman–Crippen MR) is 142 cm³/mol. The Balaban J connectivity index is 1.38. The van der Waals surface area contributed by atoms with Crippen LogP contribution in [0.2, 0.25) is 0 Å². The maximum atomic E-state index is 12.9. The average Bonchev–Trinajstić information content (AvgIpc) is 3.49. The first-order chi connectivity index (χ1) is 16.3. The van der Waals surface area contributed by atoms with Gasteiger partial charge in [0, 0.05) is 24.5 Å². The van der Waals surface area contributed by atoms with Gasteiger partial charge in [0.15, 0.2) is 11.5 Å². The number of rotatable bonds is 6. The molecule has 2 aromatic carbocycles. The number of hydrogen-bond acceptors (Lipinski definition) is 5. The van der Waals surface area contributed by atoms with Crippen molar-refractivity contribution in [2.24, 2.45) is 28.8 Å². The van der Waals surface area contributed by atoms with Crippen LogP contribution in [-0.4, -0.2) is 30.1 Å². The van der Waals surface area contributed by atoms with Crippen molar-refractivity contribution in [1.29, 1.82) is 0 Å². The Kier molecular flexibility index (Phi) is 6.78. The minimum atomic E-state index is -0.280. The lowest BCUT2D eigenvalue weighted by Gasteiger charge is -2.16. The summed E-state index contributed by atoms with van der Waals surface area (Å²) in [6, 6.07) is 7.62. The second-order valence-corrected chi connectivity index (χ2v) is 11.7. The third kappa shape index (κ3) is 4.10. The number of ether oxygens (including phenoxy) is 2. The maximum absolute atomic E-state index is 12.9. The van der Waals surface area contributed by atoms with Crippen LogP contribution in [0.5, 0.6) is 11.5 Å². The number of carbonyl (C=O) groups excluding carboxylic acids is 2. The molecule has 0 unspecified atom stereocenters. The molecule has 0 spiro atoms. The smallest absolute Gasteiger partial charge is 0.254 e. The normalized spacial score (nSPS) is 25.0. The fourth-order valence-corrected chi connectivity index (χ4v) is 6.99. The van der Waals surface area contributed by atoms with E-state index >= 15 is 0 Å². The van der Waals surface area contributed by atoms with Gasteiger partial charge in [0.25, 0.3) is 11.8 Å². The van der Waals surface area contributed by atoms with Crippen LogP contribution in [0, 0.1) is 23.7 Å². The molecule has 176 valence electrons. The SMILES string of the molecule is COc1cc(C=NN2C(=O)[C@@H]3[C@H](C2=O)[C@H]2C=C[C@H]3C2)c(Br)c(Br)c1OCc1ccc(Br)cc1Br. The molecule has 4 atom stereocenters. The zero-order chi connectivity index (χ0) is 24.1. The van der Waals surface area contributed by atoms with Crippen LogP contribution in [0.15, 0.2) is 59.4 Å². The van der Waals surface area contributed by atoms with Crippen molar-refractivity contribution in [2.75, 3.05) is 7.11 Å². The molecule has 0 aromatic heterocycles. The van der Waals surface area contributed by atoms with Gasteiger partial charge in [0.1, 0.15) is 6.61 Å². The molecule has 2 aliphatic carbocycles. The summed E-state index contributed by atoms with van der Waals surface area (Å²) >= 11 is 14.2. The van der Waals surface area contributed by atoms with Crippen molar-refractivity contribution >= 4 is 81.7 Å². The van der Waals surface area contributed by atoms with Crippen LogP contribution in [0.4, 0.5) is 0 Å². The number of fused-ring (bicyclic) bond motifs is 5. The Hall–Kier alpha value is -1.49. The Morgan fingerprint density at radius 1 is 1.03 bits per heavy atom. The molecule has 10 heteroatoms. The first-order valence-corrected chi connectivity index (χ1v) is 13.7. The number of hydrazone groups is 1. The number of nitrogens with zero attached hydrogens (tertiary/aromatic N) is 2. The highest BCUT2D eigenvalue weighted by atomic mass is 79.9. The van der Waals surface area contributed by atoms with Crippen molar-refractivity contribution in [2.45, 2.75) is 13.0 Å². The van der Waals surface area contributed by atoms with E-state index in [-0.39, 0.29) is 35.5 Å². The summed E-state index contributed by atoms with van der Waals surface area (Å²) in [7, 11) is 1.55. The lowest BCUT2D eigenvalue weighted by molar-refractivity contribution is -0.140. The predicted octanol–water partition coefficient (Wildman–Crippen LogP) is 6.47. The minimum absolute atomic E-state index is 0.148. The number of halogens is 4. The quantitative estimate of drug-likeness (QED) is 0.196. The fourth-order valence-electron chi connectivity index (χ4n) is 4.89. The number of imide groups is 1. The monoisotopic (exact) mass is 714 g/mol. The summed E-state index contributed by atoms with van der Waals surface area (Å²) in [5.74, 6) is 0.311. The fraction of sp³-hybridized carbons (Fsp3) is 0.292. The second-order valence-electron chi connectivity index (χ2n) is 8.38. The zero-order valence-electron chi connectivity index (χ0n) is 17.8. The Labute approximate surface area is 230 Å². The molecule has 34 heavy (non-hydrogen) atoms. The Morgan fingerprint density at radius 2 is 1.71 bits per heavy atom. The molecule has 6 nitrogen and oxygen atoms in total. The summed E-state index contributed by atoms with van der Waals surface area (Å²) < 4.78 is 14.8. The summed E-state index contributed by atoms with van der Waals surface area (Å²) in [5, 5.41) is 5.31. The highest BCUT2D eigenvalue weighted by Crippen LogP contribution is 2.52. The van der Waals surface area contributed by atoms with Crippen molar-refractivity contribution in [3.63, 3.8) is 0 Å². The number of methoxy groups -OCH3 is 1. The maximum Gasteiger partial charge on any atom is 0.254 e. The van der Waals surface area contributed by atoms with E-state index in [1.807, 2.05) is 18.2 Å². The van der Waals surface area contributed by atoms with Gasteiger partial charge in [0.2, 0.25) is 0 Å². The molecule has 3 aliphatic rings. The van der Waals surface area contributed by atoms with Crippen molar-refractivity contribution < 1.29 is 19.1 Å². The molecule has 0 radical (unpaired) electrons. The minimum Gasteiger partial charge on any atom is -0.493 e. The van der Waals surface area contributed by atoms with E-state index in [0.717, 1.165) is 25.9 Å². The van der Waals surface area contributed by atoms with E-state index in [0.29, 0.717) is 32.6 Å². The average molecular weight is 718 g/mol. The van der Waals surface area contributed by atoms with Crippen LogP contribution in [-0.2, 0) is 16.2 Å². The summed E-state index contributed by atoms with van der Waals surface area (Å²) in [6.07, 6.45) is 6.51. The Morgan fingerprint density at radius 3 is 2.32 bits per heavy atom. The third-order valence-corrected chi connectivity index (χ3v) is 9.90. The molecule has 5 rings (SSSR count). The molecule has 2 aromatic rings. The molecule has 1 saturated carbocycles. The number of benzene rings is 2. The van der Waals surface area contributed by atoms with Crippen molar-refractivity contribution in [3.05, 3.63) is 65.4 Å². The van der Waals surface area contributed by atoms with Crippen LogP contribution in [0.3, 0.4) is 0 Å². The molecule has 2 amide bonds. The standard InChI is InChI=1S/C24H18Br4N2O4/c1-33-17-7-14(9-29-30-23(31)18-11-2-3-12(6-11)19(18)24(30)32)20(27)21(28)22(17)34-10-13-4-5-15(25)8-16(13)26/h2-5,7-9,11-12,18-19H,6,10H2,1H3/t11-,12-,18-,19+/m0/s1. The lowest BCUT2D eigenvalue weighted by Crippen LogP contribution is -2.28. The van der Waals surface area contributed by atoms with Gasteiger partial charge < -0.3 is 9.47 Å². The van der Waals surface area contributed by atoms with Crippen LogP contribution in [0.25, 0.3) is 0 Å². The van der Waals surface area contributed by atoms with Gasteiger partial charge in [-0.3, -0.25) is 9.59 Å². The van der Waals surface area contributed by atoms with E-state index in [9.17, 15) is 9.59 Å². The molecule has 1 heterocycles. The van der Waals surface area contributed by atoms with Gasteiger partial charge in [-0.1, -0.05) is 50.1 Å². The molecular weight excluding hydrogens is 700 g/mol. The largest absolute Gasteiger partial charge is 0.493 e. The molecule has 1 saturated heterocycles. The van der Waals surface area contributed by atoms with Gasteiger partial charge in [-0.2, -0.15) is 10.1 Å². The summed E-state index contributed by atoms with van der Waals surface area (Å²) in [4.78, 5) is 25.8. The number of allylic oxidation sites excluding steroid dienone is 2. The number of hydrogen-bond donors (Lipinski definition) is 0. The zero-order valence-corrected chi connectivity index (χ0v) is 24.1. The van der Waals surface area contributed by atoms with Crippen LogP contribution in [0.1, 0.15) is 17.5 Å². The summed E-state index contributed by atoms with van der Waals surface area (Å²) in [5.41, 5.74) is 1.61. The van der Waals surface area contributed by atoms with Gasteiger partial charge >= 0.3 is 0 Å². The van der Waals surface area contributed by atoms with Gasteiger partial charge in [-0.25, -0.2) is 0 Å². The highest BCUT2D eigenvalue weighted by Gasteiger charge is 2.59. The van der Waals surface area contributed by atoms with E-state index in [2.05, 4.69) is 81.0 Å². The second kappa shape index (κ2) is 9.52. The lowest BCUT2D eigenvalue weighted by atomic mass is 9.85. The van der Waals surface area contributed by atoms with Gasteiger partial charge in [-0.15, -0.1) is 0 Å². The van der Waals surface area contributed by atoms with Gasteiger partial charge in [0.05, 0.1) is 29.6 Å². The van der Waals surface area contributed by atoms with Crippen LogP contribution < -0.4 is 9.47 Å². The van der Waals surface area contributed by atoms with Gasteiger partial charge in [-0.05, 0) is 68.3 Å². The number of carbonyl (C=O) groups is 2. The summed E-state index contributed by atoms with van der Waals surface area (Å²) in [6.45, 7) is 0.318. The van der Waals surface area contributed by atoms with Crippen molar-refractivity contribution in [3.8, 4) is 11.5 Å². The molecule has 2 fully saturated rings. The van der Waals surface area contributed by atoms with E-state index in [1.165, 1.54) is 6.21 Å². The molecule has 1 aliphatic heterocycles.